The van der Waals surface area contributed by atoms with Gasteiger partial charge in [-0.25, -0.2) is 4.58 Å². The summed E-state index contributed by atoms with van der Waals surface area (Å²) >= 11 is 0. The van der Waals surface area contributed by atoms with Gasteiger partial charge in [0, 0.05) is 49.3 Å². The Bertz CT molecular complexity index is 528. The van der Waals surface area contributed by atoms with E-state index in [1.807, 2.05) is 0 Å². The van der Waals surface area contributed by atoms with Crippen molar-refractivity contribution in [1.29, 1.82) is 0 Å². The first-order valence-corrected chi connectivity index (χ1v) is 11.9. The van der Waals surface area contributed by atoms with Crippen molar-refractivity contribution in [1.82, 2.24) is 10.2 Å². The number of likely N-dealkylation sites (N-methyl/N-ethyl adjacent to an activating group) is 1. The molecule has 0 aromatic rings. The van der Waals surface area contributed by atoms with Crippen LogP contribution in [0, 0.1) is 23.7 Å². The largest absolute Gasteiger partial charge is 0.312 e. The first-order chi connectivity index (χ1) is 12.9. The number of nitrogens with one attached hydrogen (secondary N) is 1. The lowest BCUT2D eigenvalue weighted by Crippen LogP contribution is -2.48. The van der Waals surface area contributed by atoms with E-state index in [1.54, 1.807) is 5.71 Å². The van der Waals surface area contributed by atoms with E-state index in [-0.39, 0.29) is 0 Å². The minimum absolute atomic E-state index is 0.338. The fourth-order valence-corrected chi connectivity index (χ4v) is 6.43. The molecule has 0 aromatic carbocycles. The molecule has 0 amide bonds. The quantitative estimate of drug-likeness (QED) is 0.664. The van der Waals surface area contributed by atoms with Crippen LogP contribution in [0.3, 0.4) is 0 Å². The van der Waals surface area contributed by atoms with Gasteiger partial charge in [-0.05, 0) is 51.5 Å². The Hall–Kier alpha value is -0.410. The molecule has 3 rings (SSSR count). The summed E-state index contributed by atoms with van der Waals surface area (Å²) in [6.07, 6.45) is 9.42. The fraction of sp³-hybridized carbons (Fsp3) is 0.958. The molecule has 1 saturated carbocycles. The Morgan fingerprint density at radius 1 is 1.19 bits per heavy atom. The molecule has 0 radical (unpaired) electrons. The molecular formula is C24H46N3+. The van der Waals surface area contributed by atoms with E-state index in [0.717, 1.165) is 36.3 Å². The molecule has 27 heavy (non-hydrogen) atoms. The predicted molar refractivity (Wildman–Crippen MR) is 117 cm³/mol. The normalized spacial score (nSPS) is 41.7. The van der Waals surface area contributed by atoms with Crippen molar-refractivity contribution in [2.45, 2.75) is 91.1 Å². The second kappa shape index (κ2) is 8.95. The lowest BCUT2D eigenvalue weighted by molar-refractivity contribution is -0.512. The minimum atomic E-state index is 0.338. The lowest BCUT2D eigenvalue weighted by atomic mass is 9.83. The van der Waals surface area contributed by atoms with Gasteiger partial charge in [0.15, 0.2) is 5.71 Å². The molecular weight excluding hydrogens is 330 g/mol. The van der Waals surface area contributed by atoms with E-state index in [0.29, 0.717) is 5.54 Å². The topological polar surface area (TPSA) is 18.3 Å². The Labute approximate surface area is 169 Å². The molecule has 0 bridgehead atoms. The fourth-order valence-electron chi connectivity index (χ4n) is 6.43. The van der Waals surface area contributed by atoms with Crippen LogP contribution in [-0.4, -0.2) is 60.0 Å². The van der Waals surface area contributed by atoms with Gasteiger partial charge >= 0.3 is 0 Å². The molecule has 3 heteroatoms. The molecule has 3 fully saturated rings. The maximum Gasteiger partial charge on any atom is 0.155 e. The van der Waals surface area contributed by atoms with Gasteiger partial charge in [0.2, 0.25) is 0 Å². The van der Waals surface area contributed by atoms with E-state index in [1.165, 1.54) is 64.6 Å². The maximum absolute atomic E-state index is 3.80. The third-order valence-corrected chi connectivity index (χ3v) is 8.22. The summed E-state index contributed by atoms with van der Waals surface area (Å²) in [5.41, 5.74) is 2.13. The van der Waals surface area contributed by atoms with Crippen molar-refractivity contribution >= 4 is 5.71 Å². The van der Waals surface area contributed by atoms with Crippen molar-refractivity contribution in [2.75, 3.05) is 33.2 Å². The average Bonchev–Trinajstić information content (AvgIpc) is 3.32. The number of rotatable bonds is 7. The van der Waals surface area contributed by atoms with Crippen LogP contribution in [0.25, 0.3) is 0 Å². The van der Waals surface area contributed by atoms with Crippen molar-refractivity contribution in [3.05, 3.63) is 0 Å². The van der Waals surface area contributed by atoms with E-state index < -0.39 is 0 Å². The molecule has 0 spiro atoms. The Balaban J connectivity index is 1.70. The second-order valence-electron chi connectivity index (χ2n) is 10.5. The highest BCUT2D eigenvalue weighted by Crippen LogP contribution is 2.40. The summed E-state index contributed by atoms with van der Waals surface area (Å²) in [4.78, 5) is 2.73. The Morgan fingerprint density at radius 2 is 1.96 bits per heavy atom. The standard InChI is InChI=1S/C24H46N3/c1-7-9-21-14-24(5,17-25-21)26(6)16-20-11-10-19(4)23(20)22(8-2)27-13-12-18(3)15-27/h18-21,23,25H,7-17H2,1-6H3/q+1. The smallest absolute Gasteiger partial charge is 0.155 e. The van der Waals surface area contributed by atoms with Crippen molar-refractivity contribution in [3.63, 3.8) is 0 Å². The highest BCUT2D eigenvalue weighted by atomic mass is 15.2. The van der Waals surface area contributed by atoms with Crippen molar-refractivity contribution in [3.8, 4) is 0 Å². The molecule has 156 valence electrons. The van der Waals surface area contributed by atoms with Gasteiger partial charge in [-0.15, -0.1) is 0 Å². The molecule has 3 nitrogen and oxygen atoms in total. The van der Waals surface area contributed by atoms with E-state index in [4.69, 9.17) is 0 Å². The van der Waals surface area contributed by atoms with Gasteiger partial charge in [0.25, 0.3) is 0 Å². The van der Waals surface area contributed by atoms with E-state index in [2.05, 4.69) is 56.5 Å². The zero-order chi connectivity index (χ0) is 19.6. The van der Waals surface area contributed by atoms with Gasteiger partial charge in [-0.2, -0.15) is 0 Å². The third kappa shape index (κ3) is 4.61. The van der Waals surface area contributed by atoms with E-state index >= 15 is 0 Å². The molecule has 1 N–H and O–H groups in total. The molecule has 2 aliphatic heterocycles. The molecule has 2 saturated heterocycles. The lowest BCUT2D eigenvalue weighted by Gasteiger charge is -2.38. The zero-order valence-corrected chi connectivity index (χ0v) is 19.1. The van der Waals surface area contributed by atoms with Crippen LogP contribution in [-0.2, 0) is 0 Å². The summed E-state index contributed by atoms with van der Waals surface area (Å²) in [5, 5.41) is 3.80. The monoisotopic (exact) mass is 376 g/mol. The number of nitrogens with zero attached hydrogens (tertiary/aromatic N) is 2. The zero-order valence-electron chi connectivity index (χ0n) is 19.1. The molecule has 3 aliphatic rings. The van der Waals surface area contributed by atoms with Gasteiger partial charge in [-0.3, -0.25) is 4.90 Å². The van der Waals surface area contributed by atoms with Crippen LogP contribution in [0.15, 0.2) is 0 Å². The number of hydrogen-bond acceptors (Lipinski definition) is 2. The molecule has 1 aliphatic carbocycles. The van der Waals surface area contributed by atoms with Crippen molar-refractivity contribution < 1.29 is 4.58 Å². The maximum atomic E-state index is 3.80. The van der Waals surface area contributed by atoms with Crippen LogP contribution in [0.4, 0.5) is 0 Å². The second-order valence-corrected chi connectivity index (χ2v) is 10.5. The SMILES string of the molecule is CCCC1CC(C)(N(C)CC2CCC(C)C2C(CC)=[N+]2CCC(C)C2)CN1. The summed E-state index contributed by atoms with van der Waals surface area (Å²) < 4.78 is 2.78. The first-order valence-electron chi connectivity index (χ1n) is 11.9. The molecule has 2 heterocycles. The third-order valence-electron chi connectivity index (χ3n) is 8.22. The van der Waals surface area contributed by atoms with Gasteiger partial charge in [-0.1, -0.05) is 34.1 Å². The molecule has 6 unspecified atom stereocenters. The summed E-state index contributed by atoms with van der Waals surface area (Å²) in [7, 11) is 2.40. The van der Waals surface area contributed by atoms with Crippen LogP contribution in [0.2, 0.25) is 0 Å². The highest BCUT2D eigenvalue weighted by molar-refractivity contribution is 5.83. The summed E-state index contributed by atoms with van der Waals surface area (Å²) in [6.45, 7) is 17.2. The average molecular weight is 377 g/mol. The highest BCUT2D eigenvalue weighted by Gasteiger charge is 2.44. The molecule has 6 atom stereocenters. The summed E-state index contributed by atoms with van der Waals surface area (Å²) in [6, 6.07) is 0.726. The van der Waals surface area contributed by atoms with Gasteiger partial charge in [0.05, 0.1) is 0 Å². The predicted octanol–water partition coefficient (Wildman–Crippen LogP) is 4.40. The van der Waals surface area contributed by atoms with Crippen LogP contribution >= 0.6 is 0 Å². The molecule has 0 aromatic heterocycles. The Morgan fingerprint density at radius 3 is 2.59 bits per heavy atom. The minimum Gasteiger partial charge on any atom is -0.312 e. The summed E-state index contributed by atoms with van der Waals surface area (Å²) in [5.74, 6) is 3.39. The van der Waals surface area contributed by atoms with E-state index in [9.17, 15) is 0 Å². The van der Waals surface area contributed by atoms with Gasteiger partial charge < -0.3 is 5.32 Å². The van der Waals surface area contributed by atoms with Gasteiger partial charge in [0.1, 0.15) is 13.1 Å². The van der Waals surface area contributed by atoms with Crippen LogP contribution in [0.5, 0.6) is 0 Å². The van der Waals surface area contributed by atoms with Crippen LogP contribution < -0.4 is 5.32 Å². The van der Waals surface area contributed by atoms with Crippen LogP contribution in [0.1, 0.15) is 79.6 Å². The number of hydrogen-bond donors (Lipinski definition) is 1. The Kier molecular flexibility index (Phi) is 7.06. The first kappa shape index (κ1) is 21.3. The van der Waals surface area contributed by atoms with Crippen molar-refractivity contribution in [2.24, 2.45) is 23.7 Å².